The lowest BCUT2D eigenvalue weighted by Gasteiger charge is -2.09. The first kappa shape index (κ1) is 18.9. The van der Waals surface area contributed by atoms with Crippen LogP contribution in [-0.2, 0) is 0 Å². The Kier molecular flexibility index (Phi) is 5.40. The lowest BCUT2D eigenvalue weighted by Crippen LogP contribution is -2.14. The lowest BCUT2D eigenvalue weighted by atomic mass is 10.1. The summed E-state index contributed by atoms with van der Waals surface area (Å²) >= 11 is 3.37. The van der Waals surface area contributed by atoms with Crippen molar-refractivity contribution in [2.45, 2.75) is 0 Å². The molecule has 0 bridgehead atoms. The molecule has 0 unspecified atom stereocenters. The van der Waals surface area contributed by atoms with Crippen LogP contribution in [0.25, 0.3) is 10.8 Å². The second-order valence-corrected chi connectivity index (χ2v) is 7.38. The fourth-order valence-electron chi connectivity index (χ4n) is 3.02. The summed E-state index contributed by atoms with van der Waals surface area (Å²) in [5.41, 5.74) is 2.41. The molecule has 5 heteroatoms. The van der Waals surface area contributed by atoms with Gasteiger partial charge in [0.2, 0.25) is 0 Å². The first-order chi connectivity index (χ1) is 14.1. The maximum atomic E-state index is 12.5. The predicted molar refractivity (Wildman–Crippen MR) is 120 cm³/mol. The molecule has 2 amide bonds. The highest BCUT2D eigenvalue weighted by molar-refractivity contribution is 9.10. The zero-order valence-corrected chi connectivity index (χ0v) is 16.9. The Morgan fingerprint density at radius 1 is 0.621 bits per heavy atom. The summed E-state index contributed by atoms with van der Waals surface area (Å²) < 4.78 is 0.726. The zero-order valence-electron chi connectivity index (χ0n) is 15.4. The van der Waals surface area contributed by atoms with Crippen molar-refractivity contribution in [1.82, 2.24) is 0 Å². The molecule has 29 heavy (non-hydrogen) atoms. The van der Waals surface area contributed by atoms with Crippen LogP contribution in [0, 0.1) is 0 Å². The third-order valence-corrected chi connectivity index (χ3v) is 5.22. The Balaban J connectivity index is 1.44. The van der Waals surface area contributed by atoms with E-state index in [9.17, 15) is 9.59 Å². The van der Waals surface area contributed by atoms with Gasteiger partial charge in [-0.15, -0.1) is 0 Å². The van der Waals surface area contributed by atoms with Gasteiger partial charge < -0.3 is 10.6 Å². The fourth-order valence-corrected chi connectivity index (χ4v) is 3.48. The number of hydrogen-bond acceptors (Lipinski definition) is 2. The van der Waals surface area contributed by atoms with Crippen molar-refractivity contribution in [3.8, 4) is 0 Å². The number of rotatable bonds is 4. The molecule has 142 valence electrons. The third-order valence-electron chi connectivity index (χ3n) is 4.53. The molecule has 0 heterocycles. The van der Waals surface area contributed by atoms with Crippen LogP contribution in [0.2, 0.25) is 0 Å². The summed E-state index contributed by atoms with van der Waals surface area (Å²) in [6, 6.07) is 27.8. The number of benzene rings is 4. The van der Waals surface area contributed by atoms with Gasteiger partial charge in [-0.3, -0.25) is 9.59 Å². The maximum Gasteiger partial charge on any atom is 0.256 e. The normalized spacial score (nSPS) is 10.5. The molecule has 0 aliphatic carbocycles. The van der Waals surface area contributed by atoms with Gasteiger partial charge in [0, 0.05) is 21.4 Å². The van der Waals surface area contributed by atoms with Gasteiger partial charge in [-0.1, -0.05) is 42.5 Å². The van der Waals surface area contributed by atoms with Crippen molar-refractivity contribution >= 4 is 49.9 Å². The number of amides is 2. The Morgan fingerprint density at radius 3 is 2.00 bits per heavy atom. The molecule has 0 aliphatic rings. The summed E-state index contributed by atoms with van der Waals surface area (Å²) in [4.78, 5) is 24.9. The van der Waals surface area contributed by atoms with E-state index >= 15 is 0 Å². The minimum atomic E-state index is -0.217. The minimum Gasteiger partial charge on any atom is -0.322 e. The number of halogens is 1. The predicted octanol–water partition coefficient (Wildman–Crippen LogP) is 6.11. The first-order valence-electron chi connectivity index (χ1n) is 9.06. The number of nitrogens with one attached hydrogen (secondary N) is 2. The van der Waals surface area contributed by atoms with Crippen LogP contribution in [-0.4, -0.2) is 11.8 Å². The summed E-state index contributed by atoms with van der Waals surface area (Å²) in [5.74, 6) is -0.421. The van der Waals surface area contributed by atoms with E-state index < -0.39 is 0 Å². The van der Waals surface area contributed by atoms with Crippen molar-refractivity contribution in [1.29, 1.82) is 0 Å². The van der Waals surface area contributed by atoms with Gasteiger partial charge in [-0.2, -0.15) is 0 Å². The van der Waals surface area contributed by atoms with Gasteiger partial charge in [-0.05, 0) is 75.2 Å². The highest BCUT2D eigenvalue weighted by Gasteiger charge is 2.11. The van der Waals surface area contributed by atoms with Crippen molar-refractivity contribution in [2.24, 2.45) is 0 Å². The van der Waals surface area contributed by atoms with Crippen LogP contribution in [0.3, 0.4) is 0 Å². The molecule has 4 aromatic rings. The summed E-state index contributed by atoms with van der Waals surface area (Å²) in [6.45, 7) is 0. The second-order valence-electron chi connectivity index (χ2n) is 6.53. The summed E-state index contributed by atoms with van der Waals surface area (Å²) in [5, 5.41) is 7.93. The van der Waals surface area contributed by atoms with Gasteiger partial charge in [0.05, 0.1) is 5.56 Å². The van der Waals surface area contributed by atoms with Crippen molar-refractivity contribution in [3.05, 3.63) is 107 Å². The largest absolute Gasteiger partial charge is 0.322 e. The van der Waals surface area contributed by atoms with Crippen LogP contribution in [0.1, 0.15) is 20.7 Å². The van der Waals surface area contributed by atoms with Crippen molar-refractivity contribution in [3.63, 3.8) is 0 Å². The number of carbonyl (C=O) groups is 2. The molecule has 0 spiro atoms. The molecule has 4 rings (SSSR count). The molecule has 4 nitrogen and oxygen atoms in total. The van der Waals surface area contributed by atoms with Gasteiger partial charge in [0.15, 0.2) is 0 Å². The average Bonchev–Trinajstić information content (AvgIpc) is 2.74. The van der Waals surface area contributed by atoms with Crippen LogP contribution in [0.5, 0.6) is 0 Å². The number of carbonyl (C=O) groups excluding carboxylic acids is 2. The molecule has 0 aliphatic heterocycles. The monoisotopic (exact) mass is 444 g/mol. The SMILES string of the molecule is O=C(Nc1ccc2ccccc2c1)c1ccc(NC(=O)c2ccccc2Br)cc1. The molecule has 4 aromatic carbocycles. The Bertz CT molecular complexity index is 1200. The second kappa shape index (κ2) is 8.29. The Labute approximate surface area is 176 Å². The molecule has 0 radical (unpaired) electrons. The minimum absolute atomic E-state index is 0.205. The summed E-state index contributed by atoms with van der Waals surface area (Å²) in [7, 11) is 0. The van der Waals surface area contributed by atoms with E-state index in [2.05, 4.69) is 26.6 Å². The highest BCUT2D eigenvalue weighted by Crippen LogP contribution is 2.21. The lowest BCUT2D eigenvalue weighted by molar-refractivity contribution is 0.101. The van der Waals surface area contributed by atoms with E-state index in [1.165, 1.54) is 0 Å². The topological polar surface area (TPSA) is 58.2 Å². The highest BCUT2D eigenvalue weighted by atomic mass is 79.9. The van der Waals surface area contributed by atoms with E-state index in [-0.39, 0.29) is 11.8 Å². The molecular formula is C24H17BrN2O2. The number of fused-ring (bicyclic) bond motifs is 1. The smallest absolute Gasteiger partial charge is 0.256 e. The van der Waals surface area contributed by atoms with Crippen LogP contribution in [0.15, 0.2) is 95.5 Å². The van der Waals surface area contributed by atoms with Crippen molar-refractivity contribution < 1.29 is 9.59 Å². The Morgan fingerprint density at radius 2 is 1.24 bits per heavy atom. The van der Waals surface area contributed by atoms with E-state index in [1.807, 2.05) is 54.6 Å². The van der Waals surface area contributed by atoms with E-state index in [1.54, 1.807) is 36.4 Å². The van der Waals surface area contributed by atoms with Gasteiger partial charge in [-0.25, -0.2) is 0 Å². The molecule has 0 saturated heterocycles. The van der Waals surface area contributed by atoms with Crippen LogP contribution >= 0.6 is 15.9 Å². The molecule has 0 fully saturated rings. The molecule has 2 N–H and O–H groups in total. The average molecular weight is 445 g/mol. The standard InChI is InChI=1S/C24H17BrN2O2/c25-22-8-4-3-7-21(22)24(29)26-19-12-10-17(11-13-19)23(28)27-20-14-9-16-5-1-2-6-18(16)15-20/h1-15H,(H,26,29)(H,27,28). The Hall–Kier alpha value is -3.44. The van der Waals surface area contributed by atoms with E-state index in [4.69, 9.17) is 0 Å². The summed E-state index contributed by atoms with van der Waals surface area (Å²) in [6.07, 6.45) is 0. The fraction of sp³-hybridized carbons (Fsp3) is 0. The van der Waals surface area contributed by atoms with Crippen LogP contribution < -0.4 is 10.6 Å². The maximum absolute atomic E-state index is 12.5. The van der Waals surface area contributed by atoms with Crippen LogP contribution in [0.4, 0.5) is 11.4 Å². The van der Waals surface area contributed by atoms with Crippen molar-refractivity contribution in [2.75, 3.05) is 10.6 Å². The third kappa shape index (κ3) is 4.36. The van der Waals surface area contributed by atoms with Gasteiger partial charge in [0.1, 0.15) is 0 Å². The van der Waals surface area contributed by atoms with E-state index in [0.717, 1.165) is 20.9 Å². The first-order valence-corrected chi connectivity index (χ1v) is 9.85. The number of hydrogen-bond donors (Lipinski definition) is 2. The molecule has 0 saturated carbocycles. The van der Waals surface area contributed by atoms with Gasteiger partial charge >= 0.3 is 0 Å². The molecule has 0 aromatic heterocycles. The van der Waals surface area contributed by atoms with Gasteiger partial charge in [0.25, 0.3) is 11.8 Å². The quantitative estimate of drug-likeness (QED) is 0.399. The number of anilines is 2. The zero-order chi connectivity index (χ0) is 20.2. The molecular weight excluding hydrogens is 428 g/mol. The molecule has 0 atom stereocenters. The van der Waals surface area contributed by atoms with E-state index in [0.29, 0.717) is 16.8 Å².